The number of rotatable bonds is 3. The van der Waals surface area contributed by atoms with Gasteiger partial charge in [0.25, 0.3) is 0 Å². The lowest BCUT2D eigenvalue weighted by Crippen LogP contribution is -2.49. The van der Waals surface area contributed by atoms with E-state index in [1.807, 2.05) is 7.05 Å². The molecule has 2 saturated heterocycles. The van der Waals surface area contributed by atoms with Crippen molar-refractivity contribution in [1.29, 1.82) is 0 Å². The van der Waals surface area contributed by atoms with Gasteiger partial charge in [-0.3, -0.25) is 4.99 Å². The van der Waals surface area contributed by atoms with E-state index in [0.717, 1.165) is 50.4 Å². The molecule has 27 heavy (non-hydrogen) atoms. The van der Waals surface area contributed by atoms with Crippen LogP contribution < -0.4 is 5.32 Å². The molecule has 1 N–H and O–H groups in total. The quantitative estimate of drug-likeness (QED) is 0.651. The Bertz CT molecular complexity index is 651. The molecule has 1 saturated carbocycles. The summed E-state index contributed by atoms with van der Waals surface area (Å²) in [6.45, 7) is 7.26. The Kier molecular flexibility index (Phi) is 5.72. The SMILES string of the molecule is CN=C(NCC1(c2ccccc2C)CCOCC1)N1CC2CCCCC2C1. The molecule has 3 aliphatic rings. The largest absolute Gasteiger partial charge is 0.381 e. The predicted molar refractivity (Wildman–Crippen MR) is 111 cm³/mol. The number of likely N-dealkylation sites (tertiary alicyclic amines) is 1. The molecule has 2 aliphatic heterocycles. The number of hydrogen-bond acceptors (Lipinski definition) is 2. The molecule has 1 aromatic carbocycles. The Labute approximate surface area is 164 Å². The fourth-order valence-electron chi connectivity index (χ4n) is 5.63. The standard InChI is InChI=1S/C23H35N3O/c1-18-7-3-6-10-21(18)23(11-13-27-14-12-23)17-25-22(24-2)26-15-19-8-4-5-9-20(19)16-26/h3,6-7,10,19-20H,4-5,8-9,11-17H2,1-2H3,(H,24,25). The number of hydrogen-bond donors (Lipinski definition) is 1. The van der Waals surface area contributed by atoms with Crippen molar-refractivity contribution in [3.05, 3.63) is 35.4 Å². The summed E-state index contributed by atoms with van der Waals surface area (Å²) in [6.07, 6.45) is 7.79. The van der Waals surface area contributed by atoms with Gasteiger partial charge in [0, 0.05) is 45.3 Å². The van der Waals surface area contributed by atoms with Gasteiger partial charge in [-0.1, -0.05) is 37.1 Å². The second-order valence-electron chi connectivity index (χ2n) is 8.82. The second-order valence-corrected chi connectivity index (χ2v) is 8.82. The first-order valence-electron chi connectivity index (χ1n) is 10.8. The molecule has 3 fully saturated rings. The van der Waals surface area contributed by atoms with E-state index in [1.165, 1.54) is 49.9 Å². The summed E-state index contributed by atoms with van der Waals surface area (Å²) < 4.78 is 5.71. The number of ether oxygens (including phenoxy) is 1. The van der Waals surface area contributed by atoms with Crippen LogP contribution in [0.25, 0.3) is 0 Å². The number of aliphatic imine (C=N–C) groups is 1. The maximum absolute atomic E-state index is 5.71. The van der Waals surface area contributed by atoms with Gasteiger partial charge in [-0.15, -0.1) is 0 Å². The van der Waals surface area contributed by atoms with E-state index in [9.17, 15) is 0 Å². The van der Waals surface area contributed by atoms with Gasteiger partial charge >= 0.3 is 0 Å². The molecule has 0 radical (unpaired) electrons. The van der Waals surface area contributed by atoms with Gasteiger partial charge in [0.15, 0.2) is 5.96 Å². The van der Waals surface area contributed by atoms with E-state index in [2.05, 4.69) is 46.4 Å². The minimum atomic E-state index is 0.145. The zero-order valence-corrected chi connectivity index (χ0v) is 17.0. The molecular formula is C23H35N3O. The molecule has 0 amide bonds. The number of nitrogens with one attached hydrogen (secondary N) is 1. The third kappa shape index (κ3) is 3.87. The van der Waals surface area contributed by atoms with Crippen LogP contribution in [-0.4, -0.2) is 50.8 Å². The Morgan fingerprint density at radius 2 is 1.81 bits per heavy atom. The van der Waals surface area contributed by atoms with E-state index >= 15 is 0 Å². The van der Waals surface area contributed by atoms with Gasteiger partial charge in [-0.2, -0.15) is 0 Å². The van der Waals surface area contributed by atoms with Crippen molar-refractivity contribution >= 4 is 5.96 Å². The van der Waals surface area contributed by atoms with Crippen LogP contribution in [-0.2, 0) is 10.2 Å². The first-order valence-corrected chi connectivity index (χ1v) is 10.8. The van der Waals surface area contributed by atoms with E-state index in [4.69, 9.17) is 4.74 Å². The number of guanidine groups is 1. The zero-order chi connectivity index (χ0) is 18.7. The highest BCUT2D eigenvalue weighted by Crippen LogP contribution is 2.37. The number of benzene rings is 1. The van der Waals surface area contributed by atoms with Crippen LogP contribution in [0.5, 0.6) is 0 Å². The fraction of sp³-hybridized carbons (Fsp3) is 0.696. The highest BCUT2D eigenvalue weighted by molar-refractivity contribution is 5.80. The Hall–Kier alpha value is -1.55. The van der Waals surface area contributed by atoms with Crippen LogP contribution >= 0.6 is 0 Å². The zero-order valence-electron chi connectivity index (χ0n) is 17.0. The van der Waals surface area contributed by atoms with Gasteiger partial charge in [-0.05, 0) is 55.6 Å². The number of fused-ring (bicyclic) bond motifs is 1. The number of nitrogens with zero attached hydrogens (tertiary/aromatic N) is 2. The van der Waals surface area contributed by atoms with Crippen molar-refractivity contribution in [3.63, 3.8) is 0 Å². The van der Waals surface area contributed by atoms with Gasteiger partial charge in [0.05, 0.1) is 0 Å². The van der Waals surface area contributed by atoms with E-state index in [1.54, 1.807) is 0 Å². The van der Waals surface area contributed by atoms with Crippen LogP contribution in [0.2, 0.25) is 0 Å². The Morgan fingerprint density at radius 1 is 1.15 bits per heavy atom. The smallest absolute Gasteiger partial charge is 0.193 e. The van der Waals surface area contributed by atoms with Crippen molar-refractivity contribution in [2.45, 2.75) is 50.9 Å². The van der Waals surface area contributed by atoms with E-state index in [0.29, 0.717) is 0 Å². The van der Waals surface area contributed by atoms with Crippen LogP contribution in [0, 0.1) is 18.8 Å². The van der Waals surface area contributed by atoms with Crippen LogP contribution in [0.4, 0.5) is 0 Å². The molecule has 148 valence electrons. The highest BCUT2D eigenvalue weighted by Gasteiger charge is 2.38. The molecule has 4 heteroatoms. The van der Waals surface area contributed by atoms with Gasteiger partial charge in [-0.25, -0.2) is 0 Å². The predicted octanol–water partition coefficient (Wildman–Crippen LogP) is 3.74. The summed E-state index contributed by atoms with van der Waals surface area (Å²) in [4.78, 5) is 7.18. The normalized spacial score (nSPS) is 28.1. The van der Waals surface area contributed by atoms with Gasteiger partial charge in [0.2, 0.25) is 0 Å². The molecule has 4 nitrogen and oxygen atoms in total. The van der Waals surface area contributed by atoms with E-state index in [-0.39, 0.29) is 5.41 Å². The number of aryl methyl sites for hydroxylation is 1. The molecule has 1 aromatic rings. The molecule has 0 spiro atoms. The fourth-order valence-corrected chi connectivity index (χ4v) is 5.63. The molecule has 4 rings (SSSR count). The summed E-state index contributed by atoms with van der Waals surface area (Å²) in [5, 5.41) is 3.78. The molecule has 1 aliphatic carbocycles. The lowest BCUT2D eigenvalue weighted by atomic mass is 9.72. The Balaban J connectivity index is 1.48. The van der Waals surface area contributed by atoms with E-state index < -0.39 is 0 Å². The first kappa shape index (κ1) is 18.8. The van der Waals surface area contributed by atoms with Crippen molar-refractivity contribution in [3.8, 4) is 0 Å². The maximum atomic E-state index is 5.71. The second kappa shape index (κ2) is 8.22. The average Bonchev–Trinajstić information content (AvgIpc) is 3.13. The monoisotopic (exact) mass is 369 g/mol. The Morgan fingerprint density at radius 3 is 2.44 bits per heavy atom. The third-order valence-corrected chi connectivity index (χ3v) is 7.24. The third-order valence-electron chi connectivity index (χ3n) is 7.24. The lowest BCUT2D eigenvalue weighted by molar-refractivity contribution is 0.0510. The maximum Gasteiger partial charge on any atom is 0.193 e. The molecule has 0 aromatic heterocycles. The minimum absolute atomic E-state index is 0.145. The summed E-state index contributed by atoms with van der Waals surface area (Å²) in [7, 11) is 1.94. The van der Waals surface area contributed by atoms with Crippen molar-refractivity contribution in [1.82, 2.24) is 10.2 Å². The van der Waals surface area contributed by atoms with Crippen LogP contribution in [0.1, 0.15) is 49.7 Å². The van der Waals surface area contributed by atoms with Crippen molar-refractivity contribution in [2.24, 2.45) is 16.8 Å². The van der Waals surface area contributed by atoms with Crippen LogP contribution in [0.15, 0.2) is 29.3 Å². The van der Waals surface area contributed by atoms with Crippen molar-refractivity contribution < 1.29 is 4.74 Å². The summed E-state index contributed by atoms with van der Waals surface area (Å²) in [6, 6.07) is 8.88. The summed E-state index contributed by atoms with van der Waals surface area (Å²) >= 11 is 0. The topological polar surface area (TPSA) is 36.9 Å². The first-order chi connectivity index (χ1) is 13.2. The molecular weight excluding hydrogens is 334 g/mol. The summed E-state index contributed by atoms with van der Waals surface area (Å²) in [5.74, 6) is 2.86. The summed E-state index contributed by atoms with van der Waals surface area (Å²) in [5.41, 5.74) is 3.01. The molecule has 0 bridgehead atoms. The highest BCUT2D eigenvalue weighted by atomic mass is 16.5. The molecule has 2 atom stereocenters. The van der Waals surface area contributed by atoms with Crippen LogP contribution in [0.3, 0.4) is 0 Å². The van der Waals surface area contributed by atoms with Crippen molar-refractivity contribution in [2.75, 3.05) is 39.9 Å². The average molecular weight is 370 g/mol. The minimum Gasteiger partial charge on any atom is -0.381 e. The molecule has 2 heterocycles. The lowest BCUT2D eigenvalue weighted by Gasteiger charge is -2.39. The van der Waals surface area contributed by atoms with Gasteiger partial charge in [0.1, 0.15) is 0 Å². The van der Waals surface area contributed by atoms with Gasteiger partial charge < -0.3 is 15.0 Å². The molecule has 2 unspecified atom stereocenters.